The van der Waals surface area contributed by atoms with Crippen molar-refractivity contribution in [2.75, 3.05) is 13.2 Å². The minimum Gasteiger partial charge on any atom is -0.482 e. The molecule has 8 heteroatoms. The molecule has 0 aliphatic carbocycles. The summed E-state index contributed by atoms with van der Waals surface area (Å²) in [5.41, 5.74) is 0.852. The summed E-state index contributed by atoms with van der Waals surface area (Å²) in [6.45, 7) is 4.10. The molecule has 0 spiro atoms. The topological polar surface area (TPSA) is 84.5 Å². The third kappa shape index (κ3) is 6.23. The van der Waals surface area contributed by atoms with Crippen LogP contribution in [0.5, 0.6) is 5.75 Å². The summed E-state index contributed by atoms with van der Waals surface area (Å²) in [6.07, 6.45) is 0.827. The Balaban J connectivity index is 2.05. The molecular weight excluding hydrogens is 388 g/mol. The van der Waals surface area contributed by atoms with Crippen molar-refractivity contribution in [1.29, 1.82) is 0 Å². The highest BCUT2D eigenvalue weighted by atomic mass is 35.5. The van der Waals surface area contributed by atoms with E-state index in [1.807, 2.05) is 37.3 Å². The van der Waals surface area contributed by atoms with Gasteiger partial charge < -0.3 is 10.1 Å². The van der Waals surface area contributed by atoms with Crippen molar-refractivity contribution < 1.29 is 17.9 Å². The van der Waals surface area contributed by atoms with Crippen LogP contribution in [0, 0.1) is 0 Å². The number of carbonyl (C=O) groups is 1. The van der Waals surface area contributed by atoms with Gasteiger partial charge in [-0.1, -0.05) is 48.9 Å². The van der Waals surface area contributed by atoms with Crippen LogP contribution < -0.4 is 14.8 Å². The molecule has 0 heterocycles. The smallest absolute Gasteiger partial charge is 0.257 e. The summed E-state index contributed by atoms with van der Waals surface area (Å²) in [4.78, 5) is 11.6. The molecule has 146 valence electrons. The maximum absolute atomic E-state index is 12.6. The van der Waals surface area contributed by atoms with E-state index < -0.39 is 16.1 Å². The van der Waals surface area contributed by atoms with Crippen LogP contribution in [0.15, 0.2) is 53.4 Å². The SMILES string of the molecule is CCCNC(=O)COc1ccc(S(=O)(=O)N[C@H](C)c2ccccc2)cc1Cl. The molecule has 0 aliphatic rings. The lowest BCUT2D eigenvalue weighted by molar-refractivity contribution is -0.123. The zero-order valence-corrected chi connectivity index (χ0v) is 16.8. The molecule has 6 nitrogen and oxygen atoms in total. The molecule has 2 aromatic carbocycles. The first kappa shape index (κ1) is 21.2. The fourth-order valence-corrected chi connectivity index (χ4v) is 3.89. The fraction of sp³-hybridized carbons (Fsp3) is 0.316. The van der Waals surface area contributed by atoms with Crippen molar-refractivity contribution in [2.45, 2.75) is 31.2 Å². The van der Waals surface area contributed by atoms with E-state index in [1.165, 1.54) is 18.2 Å². The number of amides is 1. The summed E-state index contributed by atoms with van der Waals surface area (Å²) in [5.74, 6) is -0.0126. The number of carbonyl (C=O) groups excluding carboxylic acids is 1. The Morgan fingerprint density at radius 3 is 2.52 bits per heavy atom. The number of benzene rings is 2. The summed E-state index contributed by atoms with van der Waals surface area (Å²) >= 11 is 6.13. The Morgan fingerprint density at radius 2 is 1.89 bits per heavy atom. The van der Waals surface area contributed by atoms with Crippen LogP contribution in [0.2, 0.25) is 5.02 Å². The molecule has 0 unspecified atom stereocenters. The van der Waals surface area contributed by atoms with Gasteiger partial charge in [0.2, 0.25) is 10.0 Å². The molecule has 0 radical (unpaired) electrons. The number of rotatable bonds is 9. The van der Waals surface area contributed by atoms with E-state index in [2.05, 4.69) is 10.0 Å². The van der Waals surface area contributed by atoms with Crippen molar-refractivity contribution in [3.05, 3.63) is 59.1 Å². The van der Waals surface area contributed by atoms with E-state index in [-0.39, 0.29) is 28.2 Å². The van der Waals surface area contributed by atoms with Crippen molar-refractivity contribution in [3.8, 4) is 5.75 Å². The van der Waals surface area contributed by atoms with Crippen molar-refractivity contribution in [1.82, 2.24) is 10.0 Å². The molecule has 0 fully saturated rings. The Bertz CT molecular complexity index is 873. The monoisotopic (exact) mass is 410 g/mol. The van der Waals surface area contributed by atoms with Gasteiger partial charge in [-0.25, -0.2) is 13.1 Å². The Morgan fingerprint density at radius 1 is 1.19 bits per heavy atom. The molecular formula is C19H23ClN2O4S. The predicted octanol–water partition coefficient (Wildman–Crippen LogP) is 3.28. The Hall–Kier alpha value is -2.09. The highest BCUT2D eigenvalue weighted by Crippen LogP contribution is 2.28. The number of sulfonamides is 1. The molecule has 1 atom stereocenters. The van der Waals surface area contributed by atoms with Crippen LogP contribution >= 0.6 is 11.6 Å². The summed E-state index contributed by atoms with van der Waals surface area (Å²) < 4.78 is 33.2. The summed E-state index contributed by atoms with van der Waals surface area (Å²) in [5, 5.41) is 2.80. The first-order valence-electron chi connectivity index (χ1n) is 8.60. The standard InChI is InChI=1S/C19H23ClN2O4S/c1-3-11-21-19(23)13-26-18-10-9-16(12-17(18)20)27(24,25)22-14(2)15-7-5-4-6-8-15/h4-10,12,14,22H,3,11,13H2,1-2H3,(H,21,23)/t14-/m1/s1. The van der Waals surface area contributed by atoms with Gasteiger partial charge in [-0.05, 0) is 37.1 Å². The summed E-state index contributed by atoms with van der Waals surface area (Å²) in [7, 11) is -3.76. The van der Waals surface area contributed by atoms with E-state index >= 15 is 0 Å². The first-order chi connectivity index (χ1) is 12.8. The van der Waals surface area contributed by atoms with Gasteiger partial charge in [-0.3, -0.25) is 4.79 Å². The lowest BCUT2D eigenvalue weighted by Gasteiger charge is -2.15. The maximum atomic E-state index is 12.6. The van der Waals surface area contributed by atoms with Crippen LogP contribution in [0.3, 0.4) is 0 Å². The maximum Gasteiger partial charge on any atom is 0.257 e. The number of ether oxygens (including phenoxy) is 1. The number of hydrogen-bond donors (Lipinski definition) is 2. The minimum absolute atomic E-state index is 0.0260. The second-order valence-electron chi connectivity index (χ2n) is 5.98. The zero-order chi connectivity index (χ0) is 19.9. The van der Waals surface area contributed by atoms with Gasteiger partial charge in [0.25, 0.3) is 5.91 Å². The fourth-order valence-electron chi connectivity index (χ4n) is 2.34. The zero-order valence-electron chi connectivity index (χ0n) is 15.2. The average molecular weight is 411 g/mol. The number of hydrogen-bond acceptors (Lipinski definition) is 4. The third-order valence-electron chi connectivity index (χ3n) is 3.78. The van der Waals surface area contributed by atoms with Gasteiger partial charge in [0.1, 0.15) is 5.75 Å². The number of nitrogens with one attached hydrogen (secondary N) is 2. The molecule has 2 rings (SSSR count). The predicted molar refractivity (Wildman–Crippen MR) is 105 cm³/mol. The van der Waals surface area contributed by atoms with Crippen LogP contribution in [0.25, 0.3) is 0 Å². The van der Waals surface area contributed by atoms with Crippen molar-refractivity contribution >= 4 is 27.5 Å². The van der Waals surface area contributed by atoms with E-state index in [0.717, 1.165) is 12.0 Å². The lowest BCUT2D eigenvalue weighted by atomic mass is 10.1. The van der Waals surface area contributed by atoms with E-state index in [9.17, 15) is 13.2 Å². The molecule has 0 aliphatic heterocycles. The molecule has 0 bridgehead atoms. The molecule has 2 aromatic rings. The van der Waals surface area contributed by atoms with E-state index in [0.29, 0.717) is 6.54 Å². The molecule has 2 N–H and O–H groups in total. The second kappa shape index (κ2) is 9.73. The van der Waals surface area contributed by atoms with Gasteiger partial charge in [0, 0.05) is 12.6 Å². The van der Waals surface area contributed by atoms with Crippen LogP contribution in [-0.2, 0) is 14.8 Å². The molecule has 0 aromatic heterocycles. The summed E-state index contributed by atoms with van der Waals surface area (Å²) in [6, 6.07) is 13.0. The van der Waals surface area contributed by atoms with Crippen molar-refractivity contribution in [3.63, 3.8) is 0 Å². The highest BCUT2D eigenvalue weighted by Gasteiger charge is 2.20. The average Bonchev–Trinajstić information content (AvgIpc) is 2.65. The molecule has 1 amide bonds. The first-order valence-corrected chi connectivity index (χ1v) is 10.5. The third-order valence-corrected chi connectivity index (χ3v) is 5.61. The molecule has 27 heavy (non-hydrogen) atoms. The van der Waals surface area contributed by atoms with E-state index in [4.69, 9.17) is 16.3 Å². The molecule has 0 saturated heterocycles. The lowest BCUT2D eigenvalue weighted by Crippen LogP contribution is -2.29. The van der Waals surface area contributed by atoms with E-state index in [1.54, 1.807) is 6.92 Å². The van der Waals surface area contributed by atoms with Gasteiger partial charge >= 0.3 is 0 Å². The quantitative estimate of drug-likeness (QED) is 0.664. The minimum atomic E-state index is -3.76. The van der Waals surface area contributed by atoms with Crippen LogP contribution in [-0.4, -0.2) is 27.5 Å². The van der Waals surface area contributed by atoms with Gasteiger partial charge in [0.05, 0.1) is 9.92 Å². The largest absolute Gasteiger partial charge is 0.482 e. The van der Waals surface area contributed by atoms with Crippen molar-refractivity contribution in [2.24, 2.45) is 0 Å². The van der Waals surface area contributed by atoms with Crippen LogP contribution in [0.4, 0.5) is 0 Å². The number of halogens is 1. The van der Waals surface area contributed by atoms with Gasteiger partial charge in [0.15, 0.2) is 6.61 Å². The van der Waals surface area contributed by atoms with Gasteiger partial charge in [-0.2, -0.15) is 0 Å². The van der Waals surface area contributed by atoms with Gasteiger partial charge in [-0.15, -0.1) is 0 Å². The highest BCUT2D eigenvalue weighted by molar-refractivity contribution is 7.89. The Kier molecular flexibility index (Phi) is 7.65. The molecule has 0 saturated carbocycles. The second-order valence-corrected chi connectivity index (χ2v) is 8.11. The normalized spacial score (nSPS) is 12.4. The van der Waals surface area contributed by atoms with Crippen LogP contribution in [0.1, 0.15) is 31.9 Å². The Labute approximate surface area is 164 Å².